The number of oxime groups is 1. The summed E-state index contributed by atoms with van der Waals surface area (Å²) in [5.41, 5.74) is 1.87. The van der Waals surface area contributed by atoms with Crippen LogP contribution in [0.2, 0.25) is 0 Å². The van der Waals surface area contributed by atoms with Gasteiger partial charge in [0, 0.05) is 19.2 Å². The molecule has 3 rings (SSSR count). The van der Waals surface area contributed by atoms with E-state index in [4.69, 9.17) is 9.57 Å². The second-order valence-electron chi connectivity index (χ2n) is 6.13. The molecule has 0 unspecified atom stereocenters. The molecule has 25 heavy (non-hydrogen) atoms. The molecule has 5 nitrogen and oxygen atoms in total. The van der Waals surface area contributed by atoms with Crippen LogP contribution in [0.3, 0.4) is 0 Å². The maximum atomic E-state index is 13.0. The van der Waals surface area contributed by atoms with Crippen LogP contribution in [0.4, 0.5) is 10.1 Å². The van der Waals surface area contributed by atoms with Crippen molar-refractivity contribution in [2.75, 3.05) is 12.4 Å². The van der Waals surface area contributed by atoms with Gasteiger partial charge in [-0.25, -0.2) is 4.39 Å². The highest BCUT2D eigenvalue weighted by Gasteiger charge is 2.42. The molecule has 0 spiro atoms. The summed E-state index contributed by atoms with van der Waals surface area (Å²) in [5.74, 6) is -0.609. The molecule has 0 aliphatic carbocycles. The third-order valence-corrected chi connectivity index (χ3v) is 4.02. The predicted molar refractivity (Wildman–Crippen MR) is 92.8 cm³/mol. The Morgan fingerprint density at radius 3 is 2.80 bits per heavy atom. The Hall–Kier alpha value is -2.73. The van der Waals surface area contributed by atoms with Crippen molar-refractivity contribution < 1.29 is 18.8 Å². The molecule has 0 bridgehead atoms. The van der Waals surface area contributed by atoms with Crippen LogP contribution in [-0.4, -0.2) is 24.3 Å². The van der Waals surface area contributed by atoms with Crippen LogP contribution in [0.5, 0.6) is 0 Å². The van der Waals surface area contributed by atoms with Crippen molar-refractivity contribution in [2.24, 2.45) is 5.16 Å². The predicted octanol–water partition coefficient (Wildman–Crippen LogP) is 3.49. The van der Waals surface area contributed by atoms with Crippen LogP contribution in [0.1, 0.15) is 24.5 Å². The SMILES string of the molecule is COCc1cccc(NC(=O)[C@@]2(C)CC(c3ccc(F)cc3)=NO2)c1. The number of carbonyl (C=O) groups excluding carboxylic acids is 1. The van der Waals surface area contributed by atoms with Gasteiger partial charge in [0.15, 0.2) is 0 Å². The largest absolute Gasteiger partial charge is 0.380 e. The molecular weight excluding hydrogens is 323 g/mol. The van der Waals surface area contributed by atoms with Gasteiger partial charge < -0.3 is 14.9 Å². The lowest BCUT2D eigenvalue weighted by Gasteiger charge is -2.20. The molecule has 2 aromatic rings. The van der Waals surface area contributed by atoms with E-state index in [0.717, 1.165) is 11.1 Å². The number of amides is 1. The summed E-state index contributed by atoms with van der Waals surface area (Å²) in [6, 6.07) is 13.4. The molecule has 130 valence electrons. The standard InChI is InChI=1S/C19H19FN2O3/c1-19(11-17(22-25-19)14-6-8-15(20)9-7-14)18(23)21-16-5-3-4-13(10-16)12-24-2/h3-10H,11-12H2,1-2H3,(H,21,23)/t19-/m1/s1. The molecule has 0 fully saturated rings. The second-order valence-corrected chi connectivity index (χ2v) is 6.13. The minimum Gasteiger partial charge on any atom is -0.380 e. The third-order valence-electron chi connectivity index (χ3n) is 4.02. The quantitative estimate of drug-likeness (QED) is 0.905. The monoisotopic (exact) mass is 342 g/mol. The number of carbonyl (C=O) groups is 1. The van der Waals surface area contributed by atoms with E-state index >= 15 is 0 Å². The van der Waals surface area contributed by atoms with E-state index in [1.165, 1.54) is 12.1 Å². The van der Waals surface area contributed by atoms with E-state index in [0.29, 0.717) is 24.4 Å². The van der Waals surface area contributed by atoms with E-state index in [9.17, 15) is 9.18 Å². The van der Waals surface area contributed by atoms with Crippen molar-refractivity contribution >= 4 is 17.3 Å². The summed E-state index contributed by atoms with van der Waals surface area (Å²) < 4.78 is 18.1. The van der Waals surface area contributed by atoms with E-state index in [1.807, 2.05) is 18.2 Å². The van der Waals surface area contributed by atoms with E-state index in [1.54, 1.807) is 32.2 Å². The number of anilines is 1. The summed E-state index contributed by atoms with van der Waals surface area (Å²) in [6.45, 7) is 2.15. The molecule has 0 aromatic heterocycles. The van der Waals surface area contributed by atoms with Crippen LogP contribution in [-0.2, 0) is 21.0 Å². The minimum absolute atomic E-state index is 0.289. The van der Waals surface area contributed by atoms with Crippen molar-refractivity contribution in [3.05, 3.63) is 65.5 Å². The van der Waals surface area contributed by atoms with Gasteiger partial charge in [0.2, 0.25) is 5.60 Å². The average Bonchev–Trinajstić information content (AvgIpc) is 3.00. The van der Waals surface area contributed by atoms with E-state index in [2.05, 4.69) is 10.5 Å². The zero-order valence-electron chi connectivity index (χ0n) is 14.1. The highest BCUT2D eigenvalue weighted by Crippen LogP contribution is 2.28. The number of halogens is 1. The molecule has 1 N–H and O–H groups in total. The molecule has 1 aliphatic heterocycles. The van der Waals surface area contributed by atoms with Crippen LogP contribution in [0.25, 0.3) is 0 Å². The number of benzene rings is 2. The van der Waals surface area contributed by atoms with Gasteiger partial charge in [0.05, 0.1) is 12.3 Å². The summed E-state index contributed by atoms with van der Waals surface area (Å²) >= 11 is 0. The maximum Gasteiger partial charge on any atom is 0.271 e. The Kier molecular flexibility index (Phi) is 4.81. The summed E-state index contributed by atoms with van der Waals surface area (Å²) in [6.07, 6.45) is 0.308. The van der Waals surface area contributed by atoms with Crippen molar-refractivity contribution in [1.82, 2.24) is 0 Å². The number of hydrogen-bond donors (Lipinski definition) is 1. The van der Waals surface area contributed by atoms with E-state index in [-0.39, 0.29) is 11.7 Å². The Balaban J connectivity index is 1.68. The fourth-order valence-electron chi connectivity index (χ4n) is 2.63. The molecule has 1 aliphatic rings. The number of hydrogen-bond acceptors (Lipinski definition) is 4. The Morgan fingerprint density at radius 1 is 1.32 bits per heavy atom. The molecule has 1 atom stereocenters. The van der Waals surface area contributed by atoms with Gasteiger partial charge >= 0.3 is 0 Å². The molecule has 1 heterocycles. The van der Waals surface area contributed by atoms with Gasteiger partial charge in [-0.1, -0.05) is 29.4 Å². The van der Waals surface area contributed by atoms with E-state index < -0.39 is 5.60 Å². The summed E-state index contributed by atoms with van der Waals surface area (Å²) in [5, 5.41) is 6.86. The Labute approximate surface area is 145 Å². The van der Waals surface area contributed by atoms with Crippen molar-refractivity contribution in [3.63, 3.8) is 0 Å². The zero-order chi connectivity index (χ0) is 17.9. The molecule has 2 aromatic carbocycles. The van der Waals surface area contributed by atoms with Gasteiger partial charge in [-0.3, -0.25) is 4.79 Å². The fourth-order valence-corrected chi connectivity index (χ4v) is 2.63. The first kappa shape index (κ1) is 17.1. The Morgan fingerprint density at radius 2 is 2.08 bits per heavy atom. The van der Waals surface area contributed by atoms with Gasteiger partial charge in [0.1, 0.15) is 5.82 Å². The van der Waals surface area contributed by atoms with Gasteiger partial charge in [0.25, 0.3) is 5.91 Å². The van der Waals surface area contributed by atoms with Gasteiger partial charge in [-0.2, -0.15) is 0 Å². The summed E-state index contributed by atoms with van der Waals surface area (Å²) in [7, 11) is 1.62. The lowest BCUT2D eigenvalue weighted by molar-refractivity contribution is -0.135. The molecule has 0 saturated carbocycles. The molecular formula is C19H19FN2O3. The highest BCUT2D eigenvalue weighted by atomic mass is 19.1. The number of nitrogens with one attached hydrogen (secondary N) is 1. The first-order valence-corrected chi connectivity index (χ1v) is 7.90. The topological polar surface area (TPSA) is 59.9 Å². The average molecular weight is 342 g/mol. The smallest absolute Gasteiger partial charge is 0.271 e. The number of methoxy groups -OCH3 is 1. The molecule has 0 radical (unpaired) electrons. The van der Waals surface area contributed by atoms with Crippen LogP contribution >= 0.6 is 0 Å². The number of ether oxygens (including phenoxy) is 1. The van der Waals surface area contributed by atoms with Crippen LogP contribution in [0.15, 0.2) is 53.7 Å². The maximum absolute atomic E-state index is 13.0. The number of rotatable bonds is 5. The number of nitrogens with zero attached hydrogens (tertiary/aromatic N) is 1. The molecule has 6 heteroatoms. The first-order valence-electron chi connectivity index (χ1n) is 7.90. The lowest BCUT2D eigenvalue weighted by atomic mass is 9.95. The van der Waals surface area contributed by atoms with Crippen LogP contribution in [0, 0.1) is 5.82 Å². The molecule has 0 saturated heterocycles. The lowest BCUT2D eigenvalue weighted by Crippen LogP contribution is -2.40. The van der Waals surface area contributed by atoms with Crippen molar-refractivity contribution in [2.45, 2.75) is 25.6 Å². The molecule has 1 amide bonds. The summed E-state index contributed by atoms with van der Waals surface area (Å²) in [4.78, 5) is 18.0. The van der Waals surface area contributed by atoms with Gasteiger partial charge in [-0.15, -0.1) is 0 Å². The second kappa shape index (κ2) is 7.03. The Bertz CT molecular complexity index is 805. The third kappa shape index (κ3) is 3.85. The van der Waals surface area contributed by atoms with Crippen molar-refractivity contribution in [1.29, 1.82) is 0 Å². The highest BCUT2D eigenvalue weighted by molar-refractivity contribution is 6.07. The first-order chi connectivity index (χ1) is 12.0. The fraction of sp³-hybridized carbons (Fsp3) is 0.263. The van der Waals surface area contributed by atoms with Gasteiger partial charge in [-0.05, 0) is 42.3 Å². The minimum atomic E-state index is -1.11. The van der Waals surface area contributed by atoms with Crippen LogP contribution < -0.4 is 5.32 Å². The zero-order valence-corrected chi connectivity index (χ0v) is 14.1. The normalized spacial score (nSPS) is 19.2. The van der Waals surface area contributed by atoms with Crippen molar-refractivity contribution in [3.8, 4) is 0 Å².